The van der Waals surface area contributed by atoms with Gasteiger partial charge in [0.1, 0.15) is 16.7 Å². The number of para-hydroxylation sites is 1. The van der Waals surface area contributed by atoms with Crippen molar-refractivity contribution in [2.75, 3.05) is 10.6 Å². The van der Waals surface area contributed by atoms with E-state index in [1.165, 1.54) is 11.8 Å². The Morgan fingerprint density at radius 2 is 1.39 bits per heavy atom. The Hall–Kier alpha value is -4.03. The van der Waals surface area contributed by atoms with E-state index in [9.17, 15) is 9.59 Å². The van der Waals surface area contributed by atoms with Gasteiger partial charge in [-0.1, -0.05) is 54.6 Å². The molecule has 5 rings (SSSR count). The zero-order valence-electron chi connectivity index (χ0n) is 19.6. The molecule has 0 aliphatic heterocycles. The fraction of sp³-hybridized carbons (Fsp3) is 0.133. The van der Waals surface area contributed by atoms with Crippen molar-refractivity contribution >= 4 is 35.0 Å². The third-order valence-corrected chi connectivity index (χ3v) is 6.99. The van der Waals surface area contributed by atoms with Gasteiger partial charge in [0.25, 0.3) is 0 Å². The summed E-state index contributed by atoms with van der Waals surface area (Å²) in [4.78, 5) is 26.5. The Kier molecular flexibility index (Phi) is 7.33. The molecule has 1 atom stereocenters. The largest absolute Gasteiger partial charge is 0.457 e. The summed E-state index contributed by atoms with van der Waals surface area (Å²) in [6.45, 7) is 0. The second-order valence-corrected chi connectivity index (χ2v) is 9.81. The first-order chi connectivity index (χ1) is 17.6. The van der Waals surface area contributed by atoms with Crippen LogP contribution >= 0.6 is 11.8 Å². The van der Waals surface area contributed by atoms with Crippen LogP contribution in [0.25, 0.3) is 0 Å². The van der Waals surface area contributed by atoms with Crippen LogP contribution in [0.4, 0.5) is 11.4 Å². The first kappa shape index (κ1) is 23.7. The SMILES string of the molecule is O=C(Nc1cccc(SC(C(=O)Nc2ccc(Oc3ccccc3)cc2)c2ccccc2)c1)C1CC1. The van der Waals surface area contributed by atoms with Gasteiger partial charge in [-0.3, -0.25) is 9.59 Å². The number of ether oxygens (including phenoxy) is 1. The lowest BCUT2D eigenvalue weighted by Gasteiger charge is -2.18. The molecule has 0 spiro atoms. The Morgan fingerprint density at radius 3 is 2.08 bits per heavy atom. The molecule has 6 heteroatoms. The summed E-state index contributed by atoms with van der Waals surface area (Å²) >= 11 is 1.45. The lowest BCUT2D eigenvalue weighted by molar-refractivity contribution is -0.117. The molecule has 180 valence electrons. The van der Waals surface area contributed by atoms with E-state index in [-0.39, 0.29) is 17.7 Å². The van der Waals surface area contributed by atoms with Crippen LogP contribution in [0.3, 0.4) is 0 Å². The number of carbonyl (C=O) groups excluding carboxylic acids is 2. The molecule has 1 aliphatic carbocycles. The highest BCUT2D eigenvalue weighted by atomic mass is 32.2. The van der Waals surface area contributed by atoms with E-state index in [0.717, 1.165) is 34.7 Å². The molecule has 0 bridgehead atoms. The minimum atomic E-state index is -0.471. The molecule has 4 aromatic rings. The lowest BCUT2D eigenvalue weighted by atomic mass is 10.1. The lowest BCUT2D eigenvalue weighted by Crippen LogP contribution is -2.19. The molecule has 0 radical (unpaired) electrons. The van der Waals surface area contributed by atoms with Gasteiger partial charge >= 0.3 is 0 Å². The van der Waals surface area contributed by atoms with E-state index in [1.54, 1.807) is 0 Å². The smallest absolute Gasteiger partial charge is 0.242 e. The number of hydrogen-bond donors (Lipinski definition) is 2. The molecule has 1 saturated carbocycles. The number of nitrogens with one attached hydrogen (secondary N) is 2. The average molecular weight is 495 g/mol. The Labute approximate surface area is 214 Å². The summed E-state index contributed by atoms with van der Waals surface area (Å²) < 4.78 is 5.84. The molecule has 4 aromatic carbocycles. The van der Waals surface area contributed by atoms with Crippen molar-refractivity contribution in [2.45, 2.75) is 23.0 Å². The summed E-state index contributed by atoms with van der Waals surface area (Å²) in [5.74, 6) is 1.52. The fourth-order valence-corrected chi connectivity index (χ4v) is 4.80. The van der Waals surface area contributed by atoms with Crippen LogP contribution in [0.15, 0.2) is 114 Å². The number of carbonyl (C=O) groups is 2. The van der Waals surface area contributed by atoms with Gasteiger partial charge in [-0.2, -0.15) is 0 Å². The first-order valence-electron chi connectivity index (χ1n) is 11.9. The van der Waals surface area contributed by atoms with Crippen molar-refractivity contribution in [3.63, 3.8) is 0 Å². The van der Waals surface area contributed by atoms with Crippen LogP contribution in [0.2, 0.25) is 0 Å². The summed E-state index contributed by atoms with van der Waals surface area (Å²) in [7, 11) is 0. The van der Waals surface area contributed by atoms with E-state index in [0.29, 0.717) is 11.4 Å². The van der Waals surface area contributed by atoms with E-state index < -0.39 is 5.25 Å². The van der Waals surface area contributed by atoms with Crippen LogP contribution in [-0.2, 0) is 9.59 Å². The van der Waals surface area contributed by atoms with Crippen molar-refractivity contribution in [1.29, 1.82) is 0 Å². The second kappa shape index (κ2) is 11.1. The summed E-state index contributed by atoms with van der Waals surface area (Å²) in [5.41, 5.74) is 2.34. The number of thioether (sulfide) groups is 1. The van der Waals surface area contributed by atoms with Crippen molar-refractivity contribution < 1.29 is 14.3 Å². The number of amides is 2. The first-order valence-corrected chi connectivity index (χ1v) is 12.8. The average Bonchev–Trinajstić information content (AvgIpc) is 3.76. The van der Waals surface area contributed by atoms with Gasteiger partial charge in [0.05, 0.1) is 0 Å². The minimum Gasteiger partial charge on any atom is -0.457 e. The van der Waals surface area contributed by atoms with Crippen LogP contribution in [0.5, 0.6) is 11.5 Å². The molecular weight excluding hydrogens is 468 g/mol. The minimum absolute atomic E-state index is 0.0641. The number of hydrogen-bond acceptors (Lipinski definition) is 4. The van der Waals surface area contributed by atoms with Crippen LogP contribution in [0, 0.1) is 5.92 Å². The molecule has 1 fully saturated rings. The maximum absolute atomic E-state index is 13.4. The number of benzene rings is 4. The van der Waals surface area contributed by atoms with E-state index in [1.807, 2.05) is 109 Å². The second-order valence-electron chi connectivity index (χ2n) is 8.63. The van der Waals surface area contributed by atoms with E-state index in [2.05, 4.69) is 10.6 Å². The van der Waals surface area contributed by atoms with Crippen molar-refractivity contribution in [3.8, 4) is 11.5 Å². The van der Waals surface area contributed by atoms with Crippen molar-refractivity contribution in [1.82, 2.24) is 0 Å². The number of anilines is 2. The molecule has 1 unspecified atom stereocenters. The molecule has 0 aromatic heterocycles. The third-order valence-electron chi connectivity index (χ3n) is 5.74. The third kappa shape index (κ3) is 6.34. The van der Waals surface area contributed by atoms with Crippen LogP contribution < -0.4 is 15.4 Å². The molecule has 2 amide bonds. The quantitative estimate of drug-likeness (QED) is 0.240. The van der Waals surface area contributed by atoms with Crippen molar-refractivity contribution in [3.05, 3.63) is 115 Å². The van der Waals surface area contributed by atoms with Gasteiger partial charge in [-0.05, 0) is 73.0 Å². The predicted molar refractivity (Wildman–Crippen MR) is 144 cm³/mol. The molecule has 36 heavy (non-hydrogen) atoms. The van der Waals surface area contributed by atoms with Crippen molar-refractivity contribution in [2.24, 2.45) is 5.92 Å². The maximum Gasteiger partial charge on any atom is 0.242 e. The molecule has 0 saturated heterocycles. The Morgan fingerprint density at radius 1 is 0.722 bits per heavy atom. The normalized spacial score (nSPS) is 13.4. The molecular formula is C30H26N2O3S. The number of rotatable bonds is 9. The van der Waals surface area contributed by atoms with Gasteiger partial charge < -0.3 is 15.4 Å². The molecule has 1 aliphatic rings. The molecule has 5 nitrogen and oxygen atoms in total. The van der Waals surface area contributed by atoms with E-state index in [4.69, 9.17) is 4.74 Å². The van der Waals surface area contributed by atoms with Gasteiger partial charge in [0, 0.05) is 22.2 Å². The highest BCUT2D eigenvalue weighted by Crippen LogP contribution is 2.38. The molecule has 0 heterocycles. The predicted octanol–water partition coefficient (Wildman–Crippen LogP) is 7.30. The van der Waals surface area contributed by atoms with Crippen LogP contribution in [-0.4, -0.2) is 11.8 Å². The fourth-order valence-electron chi connectivity index (χ4n) is 3.71. The summed E-state index contributed by atoms with van der Waals surface area (Å²) in [6, 6.07) is 34.2. The van der Waals surface area contributed by atoms with Gasteiger partial charge in [0.15, 0.2) is 0 Å². The zero-order valence-corrected chi connectivity index (χ0v) is 20.4. The van der Waals surface area contributed by atoms with Gasteiger partial charge in [-0.15, -0.1) is 11.8 Å². The van der Waals surface area contributed by atoms with E-state index >= 15 is 0 Å². The zero-order chi connectivity index (χ0) is 24.7. The Bertz CT molecular complexity index is 1320. The highest BCUT2D eigenvalue weighted by molar-refractivity contribution is 8.00. The topological polar surface area (TPSA) is 67.4 Å². The maximum atomic E-state index is 13.4. The van der Waals surface area contributed by atoms with Crippen LogP contribution in [0.1, 0.15) is 23.7 Å². The van der Waals surface area contributed by atoms with Gasteiger partial charge in [-0.25, -0.2) is 0 Å². The summed E-state index contributed by atoms with van der Waals surface area (Å²) in [5, 5.41) is 5.55. The molecule has 2 N–H and O–H groups in total. The summed E-state index contributed by atoms with van der Waals surface area (Å²) in [6.07, 6.45) is 1.91. The monoisotopic (exact) mass is 494 g/mol. The highest BCUT2D eigenvalue weighted by Gasteiger charge is 2.29. The standard InChI is InChI=1S/C30H26N2O3S/c33-29(22-14-15-22)32-24-10-7-13-27(20-24)36-28(21-8-3-1-4-9-21)30(34)31-23-16-18-26(19-17-23)35-25-11-5-2-6-12-25/h1-13,16-20,22,28H,14-15H2,(H,31,34)(H,32,33). The Balaban J connectivity index is 1.29. The van der Waals surface area contributed by atoms with Gasteiger partial charge in [0.2, 0.25) is 11.8 Å².